The third-order valence-electron chi connectivity index (χ3n) is 2.56. The molecule has 3 nitrogen and oxygen atoms in total. The van der Waals surface area contributed by atoms with Crippen LogP contribution in [0.25, 0.3) is 5.65 Å². The van der Waals surface area contributed by atoms with Crippen LogP contribution in [0.5, 0.6) is 0 Å². The van der Waals surface area contributed by atoms with Crippen LogP contribution < -0.4 is 0 Å². The van der Waals surface area contributed by atoms with Crippen molar-refractivity contribution in [1.82, 2.24) is 14.6 Å². The molecule has 0 bridgehead atoms. The smallest absolute Gasteiger partial charge is 0.157 e. The van der Waals surface area contributed by atoms with Gasteiger partial charge in [-0.15, -0.1) is 0 Å². The molecule has 0 aromatic carbocycles. The van der Waals surface area contributed by atoms with E-state index in [-0.39, 0.29) is 5.41 Å². The van der Waals surface area contributed by atoms with Crippen LogP contribution in [0.15, 0.2) is 12.1 Å². The molecule has 0 spiro atoms. The van der Waals surface area contributed by atoms with E-state index in [9.17, 15) is 0 Å². The molecule has 0 amide bonds. The molecule has 0 N–H and O–H groups in total. The maximum Gasteiger partial charge on any atom is 0.157 e. The molecule has 0 saturated heterocycles. The van der Waals surface area contributed by atoms with Gasteiger partial charge in [0.15, 0.2) is 5.65 Å². The molecule has 2 heterocycles. The highest BCUT2D eigenvalue weighted by Gasteiger charge is 2.18. The van der Waals surface area contributed by atoms with E-state index < -0.39 is 0 Å². The van der Waals surface area contributed by atoms with Gasteiger partial charge < -0.3 is 0 Å². The Morgan fingerprint density at radius 1 is 1.31 bits per heavy atom. The first kappa shape index (κ1) is 11.4. The third-order valence-corrected chi connectivity index (χ3v) is 2.83. The average molecular weight is 238 g/mol. The summed E-state index contributed by atoms with van der Waals surface area (Å²) in [5.74, 6) is 0. The molecule has 0 radical (unpaired) electrons. The summed E-state index contributed by atoms with van der Waals surface area (Å²) >= 11 is 6.20. The van der Waals surface area contributed by atoms with Crippen LogP contribution in [0.3, 0.4) is 0 Å². The third kappa shape index (κ3) is 1.92. The minimum absolute atomic E-state index is 0.00202. The highest BCUT2D eigenvalue weighted by molar-refractivity contribution is 6.29. The molecule has 0 atom stereocenters. The van der Waals surface area contributed by atoms with Crippen molar-refractivity contribution in [1.29, 1.82) is 0 Å². The fraction of sp³-hybridized carbons (Fsp3) is 0.500. The first-order valence-electron chi connectivity index (χ1n) is 5.47. The van der Waals surface area contributed by atoms with Crippen LogP contribution in [0.1, 0.15) is 39.1 Å². The normalized spacial score (nSPS) is 12.3. The monoisotopic (exact) mass is 237 g/mol. The lowest BCUT2D eigenvalue weighted by Gasteiger charge is -2.17. The zero-order valence-corrected chi connectivity index (χ0v) is 10.8. The van der Waals surface area contributed by atoms with Gasteiger partial charge >= 0.3 is 0 Å². The van der Waals surface area contributed by atoms with Gasteiger partial charge in [-0.3, -0.25) is 0 Å². The van der Waals surface area contributed by atoms with Crippen molar-refractivity contribution in [3.8, 4) is 0 Å². The molecule has 4 heteroatoms. The number of halogens is 1. The summed E-state index contributed by atoms with van der Waals surface area (Å²) in [6, 6.07) is 3.88. The largest absolute Gasteiger partial charge is 0.233 e. The maximum absolute atomic E-state index is 6.20. The van der Waals surface area contributed by atoms with Gasteiger partial charge in [0.1, 0.15) is 5.15 Å². The summed E-state index contributed by atoms with van der Waals surface area (Å²) < 4.78 is 1.69. The topological polar surface area (TPSA) is 30.2 Å². The Morgan fingerprint density at radius 2 is 2.00 bits per heavy atom. The molecule has 0 saturated carbocycles. The van der Waals surface area contributed by atoms with Crippen molar-refractivity contribution >= 4 is 17.2 Å². The second-order valence-electron chi connectivity index (χ2n) is 4.97. The van der Waals surface area contributed by atoms with E-state index in [0.717, 1.165) is 23.5 Å². The minimum Gasteiger partial charge on any atom is -0.233 e. The summed E-state index contributed by atoms with van der Waals surface area (Å²) in [5.41, 5.74) is 2.84. The van der Waals surface area contributed by atoms with Gasteiger partial charge in [-0.25, -0.2) is 9.50 Å². The highest BCUT2D eigenvalue weighted by Crippen LogP contribution is 2.24. The predicted molar refractivity (Wildman–Crippen MR) is 66.1 cm³/mol. The number of nitrogens with zero attached hydrogens (tertiary/aromatic N) is 3. The standard InChI is InChI=1S/C12H16ClN3/c1-5-8-6-11-14-9(12(2,3)4)7-10(13)16(11)15-8/h6-7H,5H2,1-4H3. The first-order valence-corrected chi connectivity index (χ1v) is 5.85. The van der Waals surface area contributed by atoms with E-state index >= 15 is 0 Å². The molecule has 0 aliphatic carbocycles. The summed E-state index contributed by atoms with van der Waals surface area (Å²) in [6.45, 7) is 8.44. The van der Waals surface area contributed by atoms with Gasteiger partial charge in [0.25, 0.3) is 0 Å². The van der Waals surface area contributed by atoms with Crippen LogP contribution in [-0.4, -0.2) is 14.6 Å². The fourth-order valence-electron chi connectivity index (χ4n) is 1.54. The Bertz CT molecular complexity index is 523. The van der Waals surface area contributed by atoms with Crippen molar-refractivity contribution in [2.24, 2.45) is 0 Å². The molecule has 0 fully saturated rings. The van der Waals surface area contributed by atoms with Crippen LogP contribution in [0.4, 0.5) is 0 Å². The molecule has 0 aliphatic rings. The molecule has 2 aromatic heterocycles. The van der Waals surface area contributed by atoms with Gasteiger partial charge in [-0.05, 0) is 12.5 Å². The van der Waals surface area contributed by atoms with Gasteiger partial charge in [0.05, 0.1) is 11.4 Å². The SMILES string of the molecule is CCc1cc2nc(C(C)(C)C)cc(Cl)n2n1. The van der Waals surface area contributed by atoms with Crippen molar-refractivity contribution < 1.29 is 0 Å². The second kappa shape index (κ2) is 3.74. The summed E-state index contributed by atoms with van der Waals surface area (Å²) in [7, 11) is 0. The van der Waals surface area contributed by atoms with E-state index in [2.05, 4.69) is 37.8 Å². The van der Waals surface area contributed by atoms with Gasteiger partial charge in [0.2, 0.25) is 0 Å². The maximum atomic E-state index is 6.20. The molecular weight excluding hydrogens is 222 g/mol. The second-order valence-corrected chi connectivity index (χ2v) is 5.36. The lowest BCUT2D eigenvalue weighted by atomic mass is 9.92. The lowest BCUT2D eigenvalue weighted by Crippen LogP contribution is -2.14. The van der Waals surface area contributed by atoms with Crippen LogP contribution >= 0.6 is 11.6 Å². The number of aromatic nitrogens is 3. The van der Waals surface area contributed by atoms with Gasteiger partial charge in [-0.2, -0.15) is 5.10 Å². The van der Waals surface area contributed by atoms with Crippen LogP contribution in [-0.2, 0) is 11.8 Å². The van der Waals surface area contributed by atoms with Crippen molar-refractivity contribution in [2.45, 2.75) is 39.5 Å². The summed E-state index contributed by atoms with van der Waals surface area (Å²) in [5, 5.41) is 5.00. The molecule has 2 rings (SSSR count). The van der Waals surface area contributed by atoms with Crippen LogP contribution in [0.2, 0.25) is 5.15 Å². The molecule has 16 heavy (non-hydrogen) atoms. The number of fused-ring (bicyclic) bond motifs is 1. The number of hydrogen-bond acceptors (Lipinski definition) is 2. The predicted octanol–water partition coefficient (Wildman–Crippen LogP) is 3.24. The molecule has 0 unspecified atom stereocenters. The highest BCUT2D eigenvalue weighted by atomic mass is 35.5. The molecular formula is C12H16ClN3. The Hall–Kier alpha value is -1.09. The minimum atomic E-state index is 0.00202. The van der Waals surface area contributed by atoms with E-state index in [1.807, 2.05) is 12.1 Å². The average Bonchev–Trinajstić information content (AvgIpc) is 2.59. The number of rotatable bonds is 1. The molecule has 2 aromatic rings. The lowest BCUT2D eigenvalue weighted by molar-refractivity contribution is 0.568. The van der Waals surface area contributed by atoms with Gasteiger partial charge in [-0.1, -0.05) is 39.3 Å². The van der Waals surface area contributed by atoms with Gasteiger partial charge in [0, 0.05) is 11.5 Å². The van der Waals surface area contributed by atoms with E-state index in [1.165, 1.54) is 0 Å². The van der Waals surface area contributed by atoms with E-state index in [1.54, 1.807) is 4.52 Å². The number of aryl methyl sites for hydroxylation is 1. The number of hydrogen-bond donors (Lipinski definition) is 0. The molecule has 86 valence electrons. The summed E-state index contributed by atoms with van der Waals surface area (Å²) in [4.78, 5) is 4.59. The van der Waals surface area contributed by atoms with Crippen molar-refractivity contribution in [3.63, 3.8) is 0 Å². The van der Waals surface area contributed by atoms with Crippen LogP contribution in [0, 0.1) is 0 Å². The van der Waals surface area contributed by atoms with Crippen molar-refractivity contribution in [3.05, 3.63) is 28.7 Å². The first-order chi connectivity index (χ1) is 7.41. The molecule has 0 aliphatic heterocycles. The quantitative estimate of drug-likeness (QED) is 0.713. The summed E-state index contributed by atoms with van der Waals surface area (Å²) in [6.07, 6.45) is 0.893. The van der Waals surface area contributed by atoms with Crippen molar-refractivity contribution in [2.75, 3.05) is 0 Å². The van der Waals surface area contributed by atoms with E-state index in [0.29, 0.717) is 5.15 Å². The van der Waals surface area contributed by atoms with E-state index in [4.69, 9.17) is 11.6 Å². The fourth-order valence-corrected chi connectivity index (χ4v) is 1.77. The Balaban J connectivity index is 2.67. The Morgan fingerprint density at radius 3 is 2.56 bits per heavy atom. The Labute approximate surface area is 100 Å². The zero-order chi connectivity index (χ0) is 11.9. The Kier molecular flexibility index (Phi) is 2.66. The zero-order valence-electron chi connectivity index (χ0n) is 10.1.